The lowest BCUT2D eigenvalue weighted by molar-refractivity contribution is 0.100. The number of rotatable bonds is 2. The van der Waals surface area contributed by atoms with Gasteiger partial charge >= 0.3 is 0 Å². The van der Waals surface area contributed by atoms with E-state index in [0.29, 0.717) is 22.6 Å². The third-order valence-corrected chi connectivity index (χ3v) is 3.53. The van der Waals surface area contributed by atoms with Crippen molar-refractivity contribution in [2.45, 2.75) is 6.42 Å². The van der Waals surface area contributed by atoms with E-state index in [1.165, 1.54) is 0 Å². The molecule has 2 aromatic heterocycles. The van der Waals surface area contributed by atoms with Crippen LogP contribution in [0.1, 0.15) is 16.8 Å². The number of nitrogens with one attached hydrogen (secondary N) is 2. The number of aromatic amines is 2. The smallest absolute Gasteiger partial charge is 0.250 e. The van der Waals surface area contributed by atoms with Crippen molar-refractivity contribution in [3.05, 3.63) is 34.5 Å². The first kappa shape index (κ1) is 11.8. The lowest BCUT2D eigenvalue weighted by Crippen LogP contribution is -2.27. The molecule has 0 radical (unpaired) electrons. The topological polar surface area (TPSA) is 113 Å². The van der Waals surface area contributed by atoms with Crippen molar-refractivity contribution in [3.8, 4) is 11.5 Å². The molecule has 0 saturated heterocycles. The standard InChI is InChI=1S/C14H12N6O/c15-12(21)7-3-1-5-9-10(7)18-14(17-9)11-8-4-2-6-16-13(8)20-19-11/h1,3-5H,2,6H2,(H2,15,21)(H,16,20)(H,17,18). The molecule has 104 valence electrons. The third-order valence-electron chi connectivity index (χ3n) is 3.53. The van der Waals surface area contributed by atoms with Gasteiger partial charge in [-0.1, -0.05) is 12.1 Å². The number of benzene rings is 1. The predicted octanol–water partition coefficient (Wildman–Crippen LogP) is -0.144. The fourth-order valence-electron chi connectivity index (χ4n) is 2.56. The molecule has 3 heterocycles. The predicted molar refractivity (Wildman–Crippen MR) is 76.9 cm³/mol. The summed E-state index contributed by atoms with van der Waals surface area (Å²) >= 11 is 0. The Morgan fingerprint density at radius 2 is 2.24 bits per heavy atom. The second-order valence-corrected chi connectivity index (χ2v) is 4.86. The van der Waals surface area contributed by atoms with Gasteiger partial charge in [-0.3, -0.25) is 14.9 Å². The molecule has 4 N–H and O–H groups in total. The van der Waals surface area contributed by atoms with Crippen LogP contribution in [0.2, 0.25) is 0 Å². The minimum Gasteiger partial charge on any atom is -0.366 e. The molecule has 0 saturated carbocycles. The van der Waals surface area contributed by atoms with Crippen LogP contribution >= 0.6 is 0 Å². The molecule has 1 aliphatic rings. The van der Waals surface area contributed by atoms with E-state index in [2.05, 4.69) is 31.2 Å². The summed E-state index contributed by atoms with van der Waals surface area (Å²) in [5.74, 6) is 0.105. The fraction of sp³-hybridized carbons (Fsp3) is 0.143. The van der Waals surface area contributed by atoms with Crippen LogP contribution in [0.15, 0.2) is 23.2 Å². The number of carbonyl (C=O) groups excluding carboxylic acids is 1. The molecular weight excluding hydrogens is 268 g/mol. The van der Waals surface area contributed by atoms with Crippen LogP contribution in [0.5, 0.6) is 0 Å². The SMILES string of the molecule is NC(=O)c1cccc2[nH]c(-c3n[nH]c4c3=CCCN=4)nc12. The van der Waals surface area contributed by atoms with Gasteiger partial charge in [0.1, 0.15) is 11.2 Å². The molecule has 3 aromatic rings. The number of aromatic nitrogens is 4. The van der Waals surface area contributed by atoms with Crippen molar-refractivity contribution in [3.63, 3.8) is 0 Å². The second kappa shape index (κ2) is 4.27. The number of para-hydroxylation sites is 1. The average molecular weight is 280 g/mol. The number of primary amides is 1. The van der Waals surface area contributed by atoms with Gasteiger partial charge in [-0.15, -0.1) is 0 Å². The lowest BCUT2D eigenvalue weighted by Gasteiger charge is -1.94. The van der Waals surface area contributed by atoms with Crippen molar-refractivity contribution < 1.29 is 4.79 Å². The number of fused-ring (bicyclic) bond motifs is 2. The van der Waals surface area contributed by atoms with Gasteiger partial charge in [-0.25, -0.2) is 4.98 Å². The molecule has 0 bridgehead atoms. The summed E-state index contributed by atoms with van der Waals surface area (Å²) < 4.78 is 0. The first-order valence-corrected chi connectivity index (χ1v) is 6.62. The molecule has 0 spiro atoms. The van der Waals surface area contributed by atoms with Crippen LogP contribution in [-0.4, -0.2) is 32.6 Å². The van der Waals surface area contributed by atoms with Crippen LogP contribution in [0.3, 0.4) is 0 Å². The van der Waals surface area contributed by atoms with E-state index in [1.807, 2.05) is 6.07 Å². The van der Waals surface area contributed by atoms with E-state index in [4.69, 9.17) is 5.73 Å². The van der Waals surface area contributed by atoms with Crippen molar-refractivity contribution in [1.29, 1.82) is 0 Å². The number of nitrogens with two attached hydrogens (primary N) is 1. The zero-order chi connectivity index (χ0) is 14.4. The summed E-state index contributed by atoms with van der Waals surface area (Å²) in [5.41, 5.74) is 8.57. The van der Waals surface area contributed by atoms with E-state index in [-0.39, 0.29) is 0 Å². The number of H-pyrrole nitrogens is 2. The molecule has 1 aromatic carbocycles. The molecule has 0 aliphatic carbocycles. The molecule has 4 rings (SSSR count). The Morgan fingerprint density at radius 3 is 3.10 bits per heavy atom. The molecule has 1 amide bonds. The van der Waals surface area contributed by atoms with E-state index < -0.39 is 5.91 Å². The highest BCUT2D eigenvalue weighted by molar-refractivity contribution is 6.04. The third kappa shape index (κ3) is 1.74. The zero-order valence-electron chi connectivity index (χ0n) is 11.1. The normalized spacial score (nSPS) is 13.5. The Bertz CT molecular complexity index is 981. The summed E-state index contributed by atoms with van der Waals surface area (Å²) in [6.07, 6.45) is 2.97. The van der Waals surface area contributed by atoms with E-state index in [0.717, 1.165) is 29.2 Å². The van der Waals surface area contributed by atoms with Gasteiger partial charge in [0, 0.05) is 11.8 Å². The van der Waals surface area contributed by atoms with Crippen LogP contribution in [0.25, 0.3) is 28.6 Å². The molecule has 7 nitrogen and oxygen atoms in total. The van der Waals surface area contributed by atoms with Crippen molar-refractivity contribution in [2.24, 2.45) is 10.7 Å². The molecule has 0 unspecified atom stereocenters. The van der Waals surface area contributed by atoms with Crippen LogP contribution < -0.4 is 16.4 Å². The van der Waals surface area contributed by atoms with E-state index in [1.54, 1.807) is 12.1 Å². The summed E-state index contributed by atoms with van der Waals surface area (Å²) in [6.45, 7) is 0.764. The Hall–Kier alpha value is -2.96. The summed E-state index contributed by atoms with van der Waals surface area (Å²) in [4.78, 5) is 23.5. The highest BCUT2D eigenvalue weighted by atomic mass is 16.1. The molecule has 21 heavy (non-hydrogen) atoms. The number of nitrogens with zero attached hydrogens (tertiary/aromatic N) is 3. The van der Waals surface area contributed by atoms with Gasteiger partial charge in [-0.2, -0.15) is 5.10 Å². The second-order valence-electron chi connectivity index (χ2n) is 4.86. The molecule has 7 heteroatoms. The number of amides is 1. The number of hydrogen-bond acceptors (Lipinski definition) is 4. The monoisotopic (exact) mass is 280 g/mol. The van der Waals surface area contributed by atoms with Gasteiger partial charge in [0.15, 0.2) is 11.3 Å². The Kier molecular flexibility index (Phi) is 2.41. The Labute approximate surface area is 118 Å². The van der Waals surface area contributed by atoms with Crippen molar-refractivity contribution >= 4 is 23.0 Å². The van der Waals surface area contributed by atoms with Crippen LogP contribution in [0.4, 0.5) is 0 Å². The van der Waals surface area contributed by atoms with Gasteiger partial charge in [0.25, 0.3) is 5.91 Å². The molecular formula is C14H12N6O. The van der Waals surface area contributed by atoms with Crippen molar-refractivity contribution in [1.82, 2.24) is 20.2 Å². The van der Waals surface area contributed by atoms with Crippen molar-refractivity contribution in [2.75, 3.05) is 6.54 Å². The quantitative estimate of drug-likeness (QED) is 0.607. The summed E-state index contributed by atoms with van der Waals surface area (Å²) in [7, 11) is 0. The van der Waals surface area contributed by atoms with E-state index >= 15 is 0 Å². The molecule has 0 atom stereocenters. The highest BCUT2D eigenvalue weighted by Crippen LogP contribution is 2.19. The maximum absolute atomic E-state index is 11.5. The number of carbonyl (C=O) groups is 1. The maximum Gasteiger partial charge on any atom is 0.250 e. The molecule has 1 aliphatic heterocycles. The minimum absolute atomic E-state index is 0.396. The number of imidazole rings is 1. The Morgan fingerprint density at radius 1 is 1.33 bits per heavy atom. The first-order valence-electron chi connectivity index (χ1n) is 6.62. The first-order chi connectivity index (χ1) is 10.2. The van der Waals surface area contributed by atoms with Gasteiger partial charge in [0.2, 0.25) is 0 Å². The summed E-state index contributed by atoms with van der Waals surface area (Å²) in [6, 6.07) is 5.29. The van der Waals surface area contributed by atoms with Crippen LogP contribution in [0, 0.1) is 0 Å². The fourth-order valence-corrected chi connectivity index (χ4v) is 2.56. The summed E-state index contributed by atoms with van der Waals surface area (Å²) in [5, 5.41) is 8.13. The van der Waals surface area contributed by atoms with Gasteiger partial charge in [-0.05, 0) is 18.6 Å². The van der Waals surface area contributed by atoms with Crippen LogP contribution in [-0.2, 0) is 0 Å². The lowest BCUT2D eigenvalue weighted by atomic mass is 10.2. The highest BCUT2D eigenvalue weighted by Gasteiger charge is 2.15. The van der Waals surface area contributed by atoms with E-state index in [9.17, 15) is 4.79 Å². The molecule has 0 fully saturated rings. The Balaban J connectivity index is 1.99. The minimum atomic E-state index is -0.496. The zero-order valence-corrected chi connectivity index (χ0v) is 11.1. The van der Waals surface area contributed by atoms with Gasteiger partial charge < -0.3 is 10.7 Å². The largest absolute Gasteiger partial charge is 0.366 e. The number of hydrogen-bond donors (Lipinski definition) is 3. The average Bonchev–Trinajstić information content (AvgIpc) is 3.09. The van der Waals surface area contributed by atoms with Gasteiger partial charge in [0.05, 0.1) is 11.1 Å². The maximum atomic E-state index is 11.5.